The normalized spacial score (nSPS) is 11.0. The lowest BCUT2D eigenvalue weighted by Gasteiger charge is -2.14. The SMILES string of the molecule is COC(=O)c1ccc(CN(C)Cc2noc(-c3ccsc3)n2)cc1. The van der Waals surface area contributed by atoms with Gasteiger partial charge in [-0.15, -0.1) is 0 Å². The van der Waals surface area contributed by atoms with Gasteiger partial charge in [-0.2, -0.15) is 16.3 Å². The van der Waals surface area contributed by atoms with Crippen molar-refractivity contribution >= 4 is 17.3 Å². The van der Waals surface area contributed by atoms with E-state index in [-0.39, 0.29) is 5.97 Å². The van der Waals surface area contributed by atoms with Gasteiger partial charge in [0.25, 0.3) is 5.89 Å². The third kappa shape index (κ3) is 3.87. The zero-order chi connectivity index (χ0) is 16.9. The number of thiophene rings is 1. The van der Waals surface area contributed by atoms with Crippen molar-refractivity contribution in [3.63, 3.8) is 0 Å². The van der Waals surface area contributed by atoms with Crippen molar-refractivity contribution < 1.29 is 14.1 Å². The molecular weight excluding hydrogens is 326 g/mol. The van der Waals surface area contributed by atoms with Crippen LogP contribution in [0.5, 0.6) is 0 Å². The van der Waals surface area contributed by atoms with Crippen LogP contribution >= 0.6 is 11.3 Å². The van der Waals surface area contributed by atoms with Crippen LogP contribution in [-0.2, 0) is 17.8 Å². The van der Waals surface area contributed by atoms with E-state index < -0.39 is 0 Å². The summed E-state index contributed by atoms with van der Waals surface area (Å²) in [5, 5.41) is 7.97. The molecule has 0 saturated carbocycles. The van der Waals surface area contributed by atoms with E-state index in [1.165, 1.54) is 7.11 Å². The summed E-state index contributed by atoms with van der Waals surface area (Å²) in [5.74, 6) is 0.856. The Bertz CT molecular complexity index is 797. The molecule has 0 aliphatic rings. The zero-order valence-electron chi connectivity index (χ0n) is 13.4. The van der Waals surface area contributed by atoms with Crippen LogP contribution in [0.15, 0.2) is 45.6 Å². The Kier molecular flexibility index (Phi) is 5.02. The third-order valence-corrected chi connectivity index (χ3v) is 4.16. The van der Waals surface area contributed by atoms with Gasteiger partial charge in [0.1, 0.15) is 0 Å². The first-order valence-electron chi connectivity index (χ1n) is 7.36. The standard InChI is InChI=1S/C17H17N3O3S/c1-20(9-12-3-5-13(6-4-12)17(21)22-2)10-15-18-16(23-19-15)14-7-8-24-11-14/h3-8,11H,9-10H2,1-2H3. The van der Waals surface area contributed by atoms with Gasteiger partial charge >= 0.3 is 5.97 Å². The summed E-state index contributed by atoms with van der Waals surface area (Å²) in [6.07, 6.45) is 0. The molecule has 0 bridgehead atoms. The van der Waals surface area contributed by atoms with Crippen LogP contribution in [-0.4, -0.2) is 35.2 Å². The number of aromatic nitrogens is 2. The summed E-state index contributed by atoms with van der Waals surface area (Å²) < 4.78 is 9.98. The summed E-state index contributed by atoms with van der Waals surface area (Å²) in [4.78, 5) is 17.9. The molecule has 3 rings (SSSR count). The number of nitrogens with zero attached hydrogens (tertiary/aromatic N) is 3. The predicted octanol–water partition coefficient (Wildman–Crippen LogP) is 3.22. The lowest BCUT2D eigenvalue weighted by Crippen LogP contribution is -2.18. The van der Waals surface area contributed by atoms with Gasteiger partial charge in [0.2, 0.25) is 0 Å². The number of rotatable bonds is 6. The quantitative estimate of drug-likeness (QED) is 0.640. The highest BCUT2D eigenvalue weighted by atomic mass is 32.1. The highest BCUT2D eigenvalue weighted by molar-refractivity contribution is 7.08. The van der Waals surface area contributed by atoms with E-state index in [4.69, 9.17) is 9.26 Å². The second-order valence-electron chi connectivity index (χ2n) is 5.39. The molecule has 2 aromatic heterocycles. The van der Waals surface area contributed by atoms with E-state index in [0.29, 0.717) is 30.4 Å². The third-order valence-electron chi connectivity index (χ3n) is 3.48. The minimum Gasteiger partial charge on any atom is -0.465 e. The second kappa shape index (κ2) is 7.37. The van der Waals surface area contributed by atoms with E-state index in [2.05, 4.69) is 15.0 Å². The molecule has 7 heteroatoms. The van der Waals surface area contributed by atoms with Gasteiger partial charge in [-0.1, -0.05) is 17.3 Å². The molecule has 0 N–H and O–H groups in total. The fourth-order valence-electron chi connectivity index (χ4n) is 2.29. The van der Waals surface area contributed by atoms with E-state index in [9.17, 15) is 4.79 Å². The second-order valence-corrected chi connectivity index (χ2v) is 6.17. The number of benzene rings is 1. The van der Waals surface area contributed by atoms with E-state index in [1.807, 2.05) is 36.0 Å². The average molecular weight is 343 g/mol. The largest absolute Gasteiger partial charge is 0.465 e. The van der Waals surface area contributed by atoms with Crippen molar-refractivity contribution in [3.05, 3.63) is 58.0 Å². The Labute approximate surface area is 143 Å². The fraction of sp³-hybridized carbons (Fsp3) is 0.235. The summed E-state index contributed by atoms with van der Waals surface area (Å²) in [6, 6.07) is 9.30. The number of ether oxygens (including phenoxy) is 1. The van der Waals surface area contributed by atoms with Crippen LogP contribution in [0.1, 0.15) is 21.7 Å². The Balaban J connectivity index is 1.59. The van der Waals surface area contributed by atoms with Gasteiger partial charge < -0.3 is 9.26 Å². The van der Waals surface area contributed by atoms with Crippen LogP contribution in [0.4, 0.5) is 0 Å². The minimum atomic E-state index is -0.331. The lowest BCUT2D eigenvalue weighted by molar-refractivity contribution is 0.0600. The molecule has 0 atom stereocenters. The lowest BCUT2D eigenvalue weighted by atomic mass is 10.1. The highest BCUT2D eigenvalue weighted by Gasteiger charge is 2.11. The number of hydrogen-bond donors (Lipinski definition) is 0. The summed E-state index contributed by atoms with van der Waals surface area (Å²) >= 11 is 1.59. The van der Waals surface area contributed by atoms with Crippen molar-refractivity contribution in [1.82, 2.24) is 15.0 Å². The maximum Gasteiger partial charge on any atom is 0.337 e. The first kappa shape index (κ1) is 16.4. The van der Waals surface area contributed by atoms with Crippen LogP contribution in [0.25, 0.3) is 11.5 Å². The summed E-state index contributed by atoms with van der Waals surface area (Å²) in [7, 11) is 3.36. The van der Waals surface area contributed by atoms with E-state index in [1.54, 1.807) is 23.5 Å². The first-order valence-corrected chi connectivity index (χ1v) is 8.31. The zero-order valence-corrected chi connectivity index (χ0v) is 14.2. The predicted molar refractivity (Wildman–Crippen MR) is 90.6 cm³/mol. The van der Waals surface area contributed by atoms with Gasteiger partial charge in [0, 0.05) is 11.9 Å². The van der Waals surface area contributed by atoms with Gasteiger partial charge in [-0.3, -0.25) is 4.90 Å². The fourth-order valence-corrected chi connectivity index (χ4v) is 2.92. The Morgan fingerprint density at radius 2 is 2.04 bits per heavy atom. The number of esters is 1. The smallest absolute Gasteiger partial charge is 0.337 e. The van der Waals surface area contributed by atoms with Gasteiger partial charge in [0.15, 0.2) is 5.82 Å². The van der Waals surface area contributed by atoms with Gasteiger partial charge in [-0.05, 0) is 36.2 Å². The Morgan fingerprint density at radius 3 is 2.71 bits per heavy atom. The molecule has 0 amide bonds. The molecule has 0 aliphatic heterocycles. The molecule has 0 saturated heterocycles. The number of methoxy groups -OCH3 is 1. The van der Waals surface area contributed by atoms with Crippen molar-refractivity contribution in [2.75, 3.05) is 14.2 Å². The highest BCUT2D eigenvalue weighted by Crippen LogP contribution is 2.20. The summed E-state index contributed by atoms with van der Waals surface area (Å²) in [6.45, 7) is 1.29. The van der Waals surface area contributed by atoms with Gasteiger partial charge in [-0.25, -0.2) is 4.79 Å². The van der Waals surface area contributed by atoms with Crippen LogP contribution < -0.4 is 0 Å². The molecular formula is C17H17N3O3S. The number of carbonyl (C=O) groups is 1. The first-order chi connectivity index (χ1) is 11.7. The maximum absolute atomic E-state index is 11.4. The minimum absolute atomic E-state index is 0.331. The molecule has 2 heterocycles. The molecule has 24 heavy (non-hydrogen) atoms. The van der Waals surface area contributed by atoms with Crippen LogP contribution in [0.2, 0.25) is 0 Å². The van der Waals surface area contributed by atoms with Crippen LogP contribution in [0.3, 0.4) is 0 Å². The molecule has 0 spiro atoms. The molecule has 1 aromatic carbocycles. The van der Waals surface area contributed by atoms with Crippen molar-refractivity contribution in [1.29, 1.82) is 0 Å². The molecule has 3 aromatic rings. The summed E-state index contributed by atoms with van der Waals surface area (Å²) in [5.41, 5.74) is 2.58. The molecule has 0 aliphatic carbocycles. The molecule has 6 nitrogen and oxygen atoms in total. The number of hydrogen-bond acceptors (Lipinski definition) is 7. The van der Waals surface area contributed by atoms with Crippen LogP contribution in [0, 0.1) is 0 Å². The molecule has 0 radical (unpaired) electrons. The Hall–Kier alpha value is -2.51. The Morgan fingerprint density at radius 1 is 1.25 bits per heavy atom. The molecule has 0 unspecified atom stereocenters. The average Bonchev–Trinajstić information content (AvgIpc) is 3.26. The van der Waals surface area contributed by atoms with Gasteiger partial charge in [0.05, 0.1) is 24.8 Å². The van der Waals surface area contributed by atoms with Crippen molar-refractivity contribution in [3.8, 4) is 11.5 Å². The van der Waals surface area contributed by atoms with E-state index in [0.717, 1.165) is 11.1 Å². The maximum atomic E-state index is 11.4. The molecule has 124 valence electrons. The van der Waals surface area contributed by atoms with Crippen molar-refractivity contribution in [2.24, 2.45) is 0 Å². The van der Waals surface area contributed by atoms with Crippen molar-refractivity contribution in [2.45, 2.75) is 13.1 Å². The topological polar surface area (TPSA) is 68.5 Å². The monoisotopic (exact) mass is 343 g/mol. The number of carbonyl (C=O) groups excluding carboxylic acids is 1. The molecule has 0 fully saturated rings. The van der Waals surface area contributed by atoms with E-state index >= 15 is 0 Å².